The number of hydrogen-bond donors (Lipinski definition) is 1. The molecule has 1 unspecified atom stereocenters. The van der Waals surface area contributed by atoms with E-state index >= 15 is 0 Å². The van der Waals surface area contributed by atoms with Crippen molar-refractivity contribution in [3.05, 3.63) is 71.8 Å². The van der Waals surface area contributed by atoms with Crippen LogP contribution in [-0.4, -0.2) is 54.2 Å². The molecule has 1 atom stereocenters. The number of methoxy groups -OCH3 is 3. The fraction of sp³-hybridized carbons (Fsp3) is 0.280. The third kappa shape index (κ3) is 4.30. The first-order valence-electron chi connectivity index (χ1n) is 10.9. The first-order chi connectivity index (χ1) is 16.8. The summed E-state index contributed by atoms with van der Waals surface area (Å²) in [5, 5.41) is 2.94. The summed E-state index contributed by atoms with van der Waals surface area (Å²) in [6.07, 6.45) is 1.37. The van der Waals surface area contributed by atoms with Gasteiger partial charge >= 0.3 is 5.97 Å². The minimum atomic E-state index is -1.37. The molecular weight excluding hydrogens is 452 g/mol. The largest absolute Gasteiger partial charge is 0.497 e. The van der Waals surface area contributed by atoms with Crippen molar-refractivity contribution in [3.63, 3.8) is 0 Å². The van der Waals surface area contributed by atoms with Crippen LogP contribution in [-0.2, 0) is 22.6 Å². The zero-order valence-corrected chi connectivity index (χ0v) is 19.9. The maximum absolute atomic E-state index is 13.9. The number of amides is 2. The molecule has 0 bridgehead atoms. The number of rotatable bonds is 7. The van der Waals surface area contributed by atoms with E-state index in [-0.39, 0.29) is 30.4 Å². The van der Waals surface area contributed by atoms with Crippen LogP contribution in [0, 0.1) is 0 Å². The monoisotopic (exact) mass is 478 g/mol. The second-order valence-corrected chi connectivity index (χ2v) is 8.21. The van der Waals surface area contributed by atoms with Gasteiger partial charge in [-0.2, -0.15) is 0 Å². The zero-order valence-electron chi connectivity index (χ0n) is 19.9. The van der Waals surface area contributed by atoms with Crippen LogP contribution in [0.15, 0.2) is 54.9 Å². The van der Waals surface area contributed by atoms with E-state index in [2.05, 4.69) is 10.3 Å². The van der Waals surface area contributed by atoms with Gasteiger partial charge in [0, 0.05) is 24.7 Å². The first-order valence-corrected chi connectivity index (χ1v) is 10.9. The van der Waals surface area contributed by atoms with Crippen LogP contribution in [0.5, 0.6) is 11.5 Å². The number of carbonyl (C=O) groups is 3. The third-order valence-electron chi connectivity index (χ3n) is 5.97. The number of aromatic nitrogens is 2. The maximum atomic E-state index is 13.9. The van der Waals surface area contributed by atoms with Crippen molar-refractivity contribution >= 4 is 23.5 Å². The number of imidazole rings is 1. The molecule has 1 N–H and O–H groups in total. The Morgan fingerprint density at radius 2 is 1.71 bits per heavy atom. The molecule has 1 aliphatic heterocycles. The summed E-state index contributed by atoms with van der Waals surface area (Å²) in [4.78, 5) is 45.3. The van der Waals surface area contributed by atoms with Crippen LogP contribution in [0.4, 0.5) is 5.69 Å². The summed E-state index contributed by atoms with van der Waals surface area (Å²) in [7, 11) is 4.20. The highest BCUT2D eigenvalue weighted by Crippen LogP contribution is 2.37. The minimum absolute atomic E-state index is 0.0342. The lowest BCUT2D eigenvalue weighted by molar-refractivity contribution is -0.126. The Morgan fingerprint density at radius 1 is 1.06 bits per heavy atom. The molecule has 10 nitrogen and oxygen atoms in total. The predicted octanol–water partition coefficient (Wildman–Crippen LogP) is 2.42. The van der Waals surface area contributed by atoms with E-state index in [1.54, 1.807) is 25.1 Å². The van der Waals surface area contributed by atoms with Gasteiger partial charge in [-0.1, -0.05) is 30.3 Å². The number of carbonyl (C=O) groups excluding carboxylic acids is 3. The number of hydrogen-bond acceptors (Lipinski definition) is 7. The van der Waals surface area contributed by atoms with Gasteiger partial charge in [-0.05, 0) is 12.5 Å². The molecule has 4 rings (SSSR count). The normalized spacial score (nSPS) is 16.9. The highest BCUT2D eigenvalue weighted by molar-refractivity contribution is 6.15. The number of fused-ring (bicyclic) bond motifs is 1. The van der Waals surface area contributed by atoms with E-state index < -0.39 is 17.4 Å². The number of nitrogens with zero attached hydrogens (tertiary/aromatic N) is 3. The maximum Gasteiger partial charge on any atom is 0.359 e. The van der Waals surface area contributed by atoms with E-state index in [1.807, 2.05) is 30.3 Å². The molecular formula is C25H26N4O6. The summed E-state index contributed by atoms with van der Waals surface area (Å²) < 4.78 is 17.1. The molecule has 10 heteroatoms. The van der Waals surface area contributed by atoms with Crippen LogP contribution in [0.25, 0.3) is 0 Å². The molecule has 35 heavy (non-hydrogen) atoms. The number of ether oxygens (including phenoxy) is 3. The smallest absolute Gasteiger partial charge is 0.359 e. The van der Waals surface area contributed by atoms with Gasteiger partial charge < -0.3 is 24.1 Å². The van der Waals surface area contributed by atoms with Crippen molar-refractivity contribution < 1.29 is 28.6 Å². The lowest BCUT2D eigenvalue weighted by Crippen LogP contribution is -2.64. The fourth-order valence-corrected chi connectivity index (χ4v) is 4.17. The van der Waals surface area contributed by atoms with Gasteiger partial charge in [-0.3, -0.25) is 14.5 Å². The number of esters is 1. The van der Waals surface area contributed by atoms with Gasteiger partial charge in [0.1, 0.15) is 22.7 Å². The van der Waals surface area contributed by atoms with E-state index in [0.717, 1.165) is 5.56 Å². The second kappa shape index (κ2) is 9.49. The number of anilines is 1. The van der Waals surface area contributed by atoms with Crippen LogP contribution >= 0.6 is 0 Å². The second-order valence-electron chi connectivity index (χ2n) is 8.21. The van der Waals surface area contributed by atoms with Crippen molar-refractivity contribution in [1.29, 1.82) is 0 Å². The molecule has 0 spiro atoms. The Balaban J connectivity index is 1.81. The molecule has 1 aromatic heterocycles. The molecule has 2 aromatic carbocycles. The average Bonchev–Trinajstić information content (AvgIpc) is 3.30. The standard InChI is InChI=1S/C25H26N4O6/c1-25(24(32)26-13-16-8-6-5-7-9-16)14-28-15-27-20(23(31)35-4)21(28)22(30)29(25)17-10-18(33-2)12-19(11-17)34-3/h5-12,15H,13-14H2,1-4H3,(H,26,32). The van der Waals surface area contributed by atoms with Crippen molar-refractivity contribution in [2.45, 2.75) is 25.6 Å². The van der Waals surface area contributed by atoms with Crippen LogP contribution in [0.1, 0.15) is 33.5 Å². The topological polar surface area (TPSA) is 112 Å². The predicted molar refractivity (Wildman–Crippen MR) is 127 cm³/mol. The van der Waals surface area contributed by atoms with Gasteiger partial charge in [-0.25, -0.2) is 9.78 Å². The van der Waals surface area contributed by atoms with Crippen molar-refractivity contribution in [2.75, 3.05) is 26.2 Å². The van der Waals surface area contributed by atoms with Gasteiger partial charge in [-0.15, -0.1) is 0 Å². The quantitative estimate of drug-likeness (QED) is 0.519. The Hall–Kier alpha value is -4.34. The number of nitrogens with one attached hydrogen (secondary N) is 1. The minimum Gasteiger partial charge on any atom is -0.497 e. The van der Waals surface area contributed by atoms with Crippen LogP contribution < -0.4 is 19.7 Å². The highest BCUT2D eigenvalue weighted by atomic mass is 16.5. The van der Waals surface area contributed by atoms with Crippen LogP contribution in [0.2, 0.25) is 0 Å². The van der Waals surface area contributed by atoms with Gasteiger partial charge in [0.15, 0.2) is 5.69 Å². The van der Waals surface area contributed by atoms with Crippen LogP contribution in [0.3, 0.4) is 0 Å². The third-order valence-corrected chi connectivity index (χ3v) is 5.97. The van der Waals surface area contributed by atoms with Crippen molar-refractivity contribution in [2.24, 2.45) is 0 Å². The SMILES string of the molecule is COC(=O)c1ncn2c1C(=O)N(c1cc(OC)cc(OC)c1)C(C)(C(=O)NCc1ccccc1)C2. The van der Waals surface area contributed by atoms with E-state index in [1.165, 1.54) is 37.1 Å². The Morgan fingerprint density at radius 3 is 2.31 bits per heavy atom. The molecule has 0 saturated heterocycles. The fourth-order valence-electron chi connectivity index (χ4n) is 4.17. The number of benzene rings is 2. The molecule has 0 radical (unpaired) electrons. The Kier molecular flexibility index (Phi) is 6.46. The highest BCUT2D eigenvalue weighted by Gasteiger charge is 2.50. The molecule has 0 aliphatic carbocycles. The summed E-state index contributed by atoms with van der Waals surface area (Å²) in [5.41, 5.74) is -0.176. The van der Waals surface area contributed by atoms with Crippen molar-refractivity contribution in [3.8, 4) is 11.5 Å². The Bertz CT molecular complexity index is 1250. The summed E-state index contributed by atoms with van der Waals surface area (Å²) in [6.45, 7) is 2.00. The van der Waals surface area contributed by atoms with Crippen molar-refractivity contribution in [1.82, 2.24) is 14.9 Å². The first kappa shape index (κ1) is 23.8. The molecule has 2 heterocycles. The van der Waals surface area contributed by atoms with E-state index in [4.69, 9.17) is 14.2 Å². The lowest BCUT2D eigenvalue weighted by Gasteiger charge is -2.43. The molecule has 2 amide bonds. The van der Waals surface area contributed by atoms with Gasteiger partial charge in [0.05, 0.1) is 39.9 Å². The molecule has 3 aromatic rings. The molecule has 182 valence electrons. The molecule has 1 aliphatic rings. The Labute approximate surface area is 202 Å². The van der Waals surface area contributed by atoms with Gasteiger partial charge in [0.2, 0.25) is 5.91 Å². The molecule has 0 fully saturated rings. The summed E-state index contributed by atoms with van der Waals surface area (Å²) >= 11 is 0. The average molecular weight is 479 g/mol. The summed E-state index contributed by atoms with van der Waals surface area (Å²) in [6, 6.07) is 14.4. The van der Waals surface area contributed by atoms with E-state index in [9.17, 15) is 14.4 Å². The van der Waals surface area contributed by atoms with E-state index in [0.29, 0.717) is 17.2 Å². The molecule has 0 saturated carbocycles. The zero-order chi connectivity index (χ0) is 25.2. The lowest BCUT2D eigenvalue weighted by atomic mass is 9.93. The van der Waals surface area contributed by atoms with Gasteiger partial charge in [0.25, 0.3) is 5.91 Å². The summed E-state index contributed by atoms with van der Waals surface area (Å²) in [5.74, 6) is -0.831.